The molecule has 0 aliphatic carbocycles. The summed E-state index contributed by atoms with van der Waals surface area (Å²) in [4.78, 5) is 30.0. The van der Waals surface area contributed by atoms with Gasteiger partial charge in [-0.1, -0.05) is 0 Å². The second-order valence-electron chi connectivity index (χ2n) is 2.42. The molecular formula is C6H5HgO7-. The van der Waals surface area contributed by atoms with E-state index < -0.39 is 36.4 Å². The maximum absolute atomic E-state index is 10.1. The molecule has 0 aliphatic rings. The Bertz CT molecular complexity index is 233. The maximum Gasteiger partial charge on any atom is 2.00 e. The van der Waals surface area contributed by atoms with Gasteiger partial charge >= 0.3 is 27.7 Å². The van der Waals surface area contributed by atoms with Crippen LogP contribution in [0.5, 0.6) is 0 Å². The number of carboxylic acids is 3. The van der Waals surface area contributed by atoms with Crippen LogP contribution in [0.3, 0.4) is 0 Å². The molecule has 0 radical (unpaired) electrons. The van der Waals surface area contributed by atoms with Crippen LogP contribution >= 0.6 is 0 Å². The Hall–Kier alpha value is -0.695. The van der Waals surface area contributed by atoms with Gasteiger partial charge in [-0.25, -0.2) is 0 Å². The first-order valence-corrected chi connectivity index (χ1v) is 3.11. The second-order valence-corrected chi connectivity index (χ2v) is 2.42. The zero-order valence-electron chi connectivity index (χ0n) is 7.02. The molecular weight excluding hydrogens is 385 g/mol. The molecule has 0 heterocycles. The molecule has 0 rings (SSSR count). The number of hydrogen-bond donors (Lipinski definition) is 1. The Morgan fingerprint density at radius 2 is 1.29 bits per heavy atom. The third-order valence-corrected chi connectivity index (χ3v) is 1.25. The van der Waals surface area contributed by atoms with Gasteiger partial charge in [0.2, 0.25) is 0 Å². The number of aliphatic carboxylic acids is 3. The van der Waals surface area contributed by atoms with Gasteiger partial charge in [-0.05, 0) is 0 Å². The van der Waals surface area contributed by atoms with Crippen LogP contribution in [0, 0.1) is 0 Å². The molecule has 0 saturated heterocycles. The smallest absolute Gasteiger partial charge is 0.550 e. The van der Waals surface area contributed by atoms with E-state index in [1.807, 2.05) is 0 Å². The van der Waals surface area contributed by atoms with Crippen molar-refractivity contribution in [1.29, 1.82) is 0 Å². The van der Waals surface area contributed by atoms with E-state index in [1.165, 1.54) is 0 Å². The van der Waals surface area contributed by atoms with Gasteiger partial charge in [-0.2, -0.15) is 0 Å². The Morgan fingerprint density at radius 1 is 1.00 bits per heavy atom. The van der Waals surface area contributed by atoms with Crippen molar-refractivity contribution in [2.45, 2.75) is 18.4 Å². The molecule has 7 nitrogen and oxygen atoms in total. The quantitative estimate of drug-likeness (QED) is 0.463. The summed E-state index contributed by atoms with van der Waals surface area (Å²) < 4.78 is 0. The fourth-order valence-corrected chi connectivity index (χ4v) is 0.684. The molecule has 0 atom stereocenters. The largest absolute Gasteiger partial charge is 2.00 e. The average molecular weight is 390 g/mol. The molecule has 0 aromatic carbocycles. The van der Waals surface area contributed by atoms with Crippen molar-refractivity contribution in [2.24, 2.45) is 0 Å². The number of aliphatic hydroxyl groups is 1. The van der Waals surface area contributed by atoms with Crippen molar-refractivity contribution in [2.75, 3.05) is 0 Å². The van der Waals surface area contributed by atoms with Gasteiger partial charge in [0.25, 0.3) is 0 Å². The van der Waals surface area contributed by atoms with Crippen LogP contribution in [0.2, 0.25) is 0 Å². The van der Waals surface area contributed by atoms with Crippen LogP contribution in [0.4, 0.5) is 0 Å². The van der Waals surface area contributed by atoms with Crippen molar-refractivity contribution < 1.29 is 62.5 Å². The molecule has 0 aromatic heterocycles. The summed E-state index contributed by atoms with van der Waals surface area (Å²) >= 11 is 0. The van der Waals surface area contributed by atoms with Crippen molar-refractivity contribution >= 4 is 17.9 Å². The molecule has 0 amide bonds. The molecule has 0 aliphatic heterocycles. The van der Waals surface area contributed by atoms with Crippen LogP contribution in [0.15, 0.2) is 0 Å². The minimum Gasteiger partial charge on any atom is -0.550 e. The van der Waals surface area contributed by atoms with Crippen molar-refractivity contribution in [3.63, 3.8) is 0 Å². The van der Waals surface area contributed by atoms with E-state index in [4.69, 9.17) is 5.11 Å². The number of hydrogen-bond acceptors (Lipinski definition) is 7. The molecule has 1 N–H and O–H groups in total. The van der Waals surface area contributed by atoms with Crippen LogP contribution in [-0.4, -0.2) is 28.6 Å². The van der Waals surface area contributed by atoms with Gasteiger partial charge in [0, 0.05) is 24.8 Å². The number of carbonyl (C=O) groups excluding carboxylic acids is 3. The molecule has 0 spiro atoms. The van der Waals surface area contributed by atoms with E-state index in [-0.39, 0.29) is 27.7 Å². The summed E-state index contributed by atoms with van der Waals surface area (Å²) in [5.41, 5.74) is -2.97. The maximum atomic E-state index is 10.1. The Balaban J connectivity index is 0. The minimum absolute atomic E-state index is 0. The van der Waals surface area contributed by atoms with Gasteiger partial charge in [-0.15, -0.1) is 0 Å². The summed E-state index contributed by atoms with van der Waals surface area (Å²) in [7, 11) is 0. The Kier molecular flexibility index (Phi) is 6.66. The van der Waals surface area contributed by atoms with E-state index in [2.05, 4.69) is 0 Å². The second kappa shape index (κ2) is 5.92. The Labute approximate surface area is 98.9 Å². The van der Waals surface area contributed by atoms with Gasteiger partial charge in [0.1, 0.15) is 5.60 Å². The van der Waals surface area contributed by atoms with Gasteiger partial charge in [0.05, 0.1) is 5.97 Å². The van der Waals surface area contributed by atoms with Crippen LogP contribution in [0.25, 0.3) is 0 Å². The molecule has 0 fully saturated rings. The monoisotopic (exact) mass is 391 g/mol. The molecule has 0 saturated carbocycles. The first kappa shape index (κ1) is 15.8. The fourth-order valence-electron chi connectivity index (χ4n) is 0.684. The first-order valence-electron chi connectivity index (χ1n) is 3.11. The van der Waals surface area contributed by atoms with E-state index in [0.717, 1.165) is 0 Å². The van der Waals surface area contributed by atoms with E-state index in [0.29, 0.717) is 0 Å². The zero-order valence-corrected chi connectivity index (χ0v) is 12.5. The van der Waals surface area contributed by atoms with Gasteiger partial charge in [-0.3, -0.25) is 0 Å². The number of carbonyl (C=O) groups is 3. The SMILES string of the molecule is O=C([O-])CC(O)(CC(=O)[O-])C(=O)[O-].[Hg+2]. The predicted molar refractivity (Wildman–Crippen MR) is 29.2 cm³/mol. The third kappa shape index (κ3) is 5.13. The summed E-state index contributed by atoms with van der Waals surface area (Å²) in [6.07, 6.45) is -2.72. The van der Waals surface area contributed by atoms with Crippen molar-refractivity contribution in [3.8, 4) is 0 Å². The molecule has 14 heavy (non-hydrogen) atoms. The van der Waals surface area contributed by atoms with Crippen molar-refractivity contribution in [1.82, 2.24) is 0 Å². The molecule has 0 aromatic rings. The van der Waals surface area contributed by atoms with E-state index in [1.54, 1.807) is 0 Å². The van der Waals surface area contributed by atoms with Gasteiger partial charge in [0.15, 0.2) is 0 Å². The van der Waals surface area contributed by atoms with Crippen molar-refractivity contribution in [3.05, 3.63) is 0 Å². The molecule has 0 unspecified atom stereocenters. The summed E-state index contributed by atoms with van der Waals surface area (Å²) in [5, 5.41) is 38.9. The topological polar surface area (TPSA) is 141 Å². The average Bonchev–Trinajstić information content (AvgIpc) is 1.82. The molecule has 74 valence electrons. The van der Waals surface area contributed by atoms with Gasteiger partial charge < -0.3 is 34.8 Å². The zero-order chi connectivity index (χ0) is 10.6. The number of carboxylic acid groups (broad SMARTS) is 3. The van der Waals surface area contributed by atoms with Crippen LogP contribution < -0.4 is 15.3 Å². The molecule has 0 bridgehead atoms. The van der Waals surface area contributed by atoms with E-state index >= 15 is 0 Å². The fraction of sp³-hybridized carbons (Fsp3) is 0.500. The normalized spacial score (nSPS) is 10.1. The standard InChI is InChI=1S/C6H8O7.Hg/c7-3(8)1-6(13,5(11)12)2-4(9)10;/h13H,1-2H2,(H,7,8)(H,9,10)(H,11,12);/q;+2/p-3. The Morgan fingerprint density at radius 3 is 1.43 bits per heavy atom. The third-order valence-electron chi connectivity index (χ3n) is 1.25. The predicted octanol–water partition coefficient (Wildman–Crippen LogP) is -5.26. The minimum atomic E-state index is -2.97. The summed E-state index contributed by atoms with van der Waals surface area (Å²) in [6.45, 7) is 0. The van der Waals surface area contributed by atoms with E-state index in [9.17, 15) is 29.7 Å². The van der Waals surface area contributed by atoms with Crippen LogP contribution in [-0.2, 0) is 42.1 Å². The number of rotatable bonds is 5. The summed E-state index contributed by atoms with van der Waals surface area (Å²) in [6, 6.07) is 0. The summed E-state index contributed by atoms with van der Waals surface area (Å²) in [5.74, 6) is -5.98. The first-order chi connectivity index (χ1) is 5.78. The molecule has 8 heteroatoms. The van der Waals surface area contributed by atoms with Crippen LogP contribution in [0.1, 0.15) is 12.8 Å².